The SMILES string of the molecule is CC(=O)Nc1ccc(-c2noc(C3CCCN(C(=O)C4CCCCC4)C3)n2)cc1. The first-order valence-corrected chi connectivity index (χ1v) is 10.6. The van der Waals surface area contributed by atoms with Gasteiger partial charge in [0, 0.05) is 37.2 Å². The summed E-state index contributed by atoms with van der Waals surface area (Å²) in [5.41, 5.74) is 1.56. The van der Waals surface area contributed by atoms with Crippen molar-refractivity contribution in [3.05, 3.63) is 30.2 Å². The van der Waals surface area contributed by atoms with Gasteiger partial charge in [-0.2, -0.15) is 4.98 Å². The van der Waals surface area contributed by atoms with Gasteiger partial charge in [-0.25, -0.2) is 0 Å². The molecule has 1 aliphatic heterocycles. The molecule has 0 bridgehead atoms. The fourth-order valence-electron chi connectivity index (χ4n) is 4.41. The highest BCUT2D eigenvalue weighted by Crippen LogP contribution is 2.31. The van der Waals surface area contributed by atoms with E-state index in [0.29, 0.717) is 24.2 Å². The molecule has 1 aromatic heterocycles. The molecule has 2 aliphatic rings. The Morgan fingerprint density at radius 3 is 2.55 bits per heavy atom. The average molecular weight is 396 g/mol. The number of nitrogens with one attached hydrogen (secondary N) is 1. The highest BCUT2D eigenvalue weighted by atomic mass is 16.5. The van der Waals surface area contributed by atoms with Gasteiger partial charge in [0.05, 0.1) is 5.92 Å². The molecule has 4 rings (SSSR count). The number of anilines is 1. The summed E-state index contributed by atoms with van der Waals surface area (Å²) in [4.78, 5) is 30.6. The molecule has 2 amide bonds. The molecule has 2 aromatic rings. The second-order valence-corrected chi connectivity index (χ2v) is 8.17. The predicted molar refractivity (Wildman–Crippen MR) is 109 cm³/mol. The normalized spacial score (nSPS) is 20.4. The molecule has 1 aromatic carbocycles. The maximum Gasteiger partial charge on any atom is 0.231 e. The predicted octanol–water partition coefficient (Wildman–Crippen LogP) is 3.98. The lowest BCUT2D eigenvalue weighted by atomic mass is 9.87. The second kappa shape index (κ2) is 8.76. The molecule has 0 radical (unpaired) electrons. The van der Waals surface area contributed by atoms with Crippen LogP contribution in [0, 0.1) is 5.92 Å². The van der Waals surface area contributed by atoms with Crippen molar-refractivity contribution in [1.82, 2.24) is 15.0 Å². The minimum atomic E-state index is -0.107. The van der Waals surface area contributed by atoms with Crippen molar-refractivity contribution in [3.8, 4) is 11.4 Å². The van der Waals surface area contributed by atoms with E-state index in [4.69, 9.17) is 4.52 Å². The topological polar surface area (TPSA) is 88.3 Å². The first-order chi connectivity index (χ1) is 14.1. The summed E-state index contributed by atoms with van der Waals surface area (Å²) in [6.45, 7) is 2.97. The smallest absolute Gasteiger partial charge is 0.231 e. The summed E-state index contributed by atoms with van der Waals surface area (Å²) in [5, 5.41) is 6.88. The number of hydrogen-bond acceptors (Lipinski definition) is 5. The van der Waals surface area contributed by atoms with Gasteiger partial charge < -0.3 is 14.7 Å². The van der Waals surface area contributed by atoms with Crippen LogP contribution in [0.1, 0.15) is 63.7 Å². The van der Waals surface area contributed by atoms with Crippen LogP contribution in [-0.4, -0.2) is 39.9 Å². The summed E-state index contributed by atoms with van der Waals surface area (Å²) in [7, 11) is 0. The third-order valence-corrected chi connectivity index (χ3v) is 5.94. The molecule has 1 saturated carbocycles. The molecule has 2 heterocycles. The third-order valence-electron chi connectivity index (χ3n) is 5.94. The van der Waals surface area contributed by atoms with Crippen LogP contribution < -0.4 is 5.32 Å². The lowest BCUT2D eigenvalue weighted by molar-refractivity contribution is -0.137. The van der Waals surface area contributed by atoms with Gasteiger partial charge in [-0.15, -0.1) is 0 Å². The van der Waals surface area contributed by atoms with Gasteiger partial charge in [0.2, 0.25) is 23.5 Å². The molecule has 1 unspecified atom stereocenters. The van der Waals surface area contributed by atoms with Crippen LogP contribution in [0.5, 0.6) is 0 Å². The fourth-order valence-corrected chi connectivity index (χ4v) is 4.41. The average Bonchev–Trinajstić information content (AvgIpc) is 3.24. The molecule has 1 saturated heterocycles. The molecule has 154 valence electrons. The number of benzene rings is 1. The summed E-state index contributed by atoms with van der Waals surface area (Å²) in [6, 6.07) is 7.36. The number of carbonyl (C=O) groups is 2. The van der Waals surface area contributed by atoms with E-state index in [0.717, 1.165) is 43.5 Å². The van der Waals surface area contributed by atoms with Crippen LogP contribution in [-0.2, 0) is 9.59 Å². The molecule has 1 atom stereocenters. The number of piperidine rings is 1. The van der Waals surface area contributed by atoms with E-state index >= 15 is 0 Å². The van der Waals surface area contributed by atoms with Crippen molar-refractivity contribution in [2.45, 2.75) is 57.8 Å². The van der Waals surface area contributed by atoms with Crippen molar-refractivity contribution < 1.29 is 14.1 Å². The highest BCUT2D eigenvalue weighted by molar-refractivity contribution is 5.88. The van der Waals surface area contributed by atoms with Gasteiger partial charge in [-0.1, -0.05) is 24.4 Å². The van der Waals surface area contributed by atoms with Crippen molar-refractivity contribution in [2.24, 2.45) is 5.92 Å². The number of carbonyl (C=O) groups excluding carboxylic acids is 2. The lowest BCUT2D eigenvalue weighted by Gasteiger charge is -2.34. The van der Waals surface area contributed by atoms with Crippen molar-refractivity contribution in [3.63, 3.8) is 0 Å². The highest BCUT2D eigenvalue weighted by Gasteiger charge is 2.32. The fraction of sp³-hybridized carbons (Fsp3) is 0.545. The number of nitrogens with zero attached hydrogens (tertiary/aromatic N) is 3. The Bertz CT molecular complexity index is 855. The number of rotatable bonds is 4. The molecule has 1 aliphatic carbocycles. The second-order valence-electron chi connectivity index (χ2n) is 8.17. The van der Waals surface area contributed by atoms with Gasteiger partial charge >= 0.3 is 0 Å². The molecular weight excluding hydrogens is 368 g/mol. The van der Waals surface area contributed by atoms with Gasteiger partial charge in [0.1, 0.15) is 0 Å². The molecular formula is C22H28N4O3. The first-order valence-electron chi connectivity index (χ1n) is 10.6. The Kier molecular flexibility index (Phi) is 5.92. The van der Waals surface area contributed by atoms with E-state index < -0.39 is 0 Å². The zero-order valence-corrected chi connectivity index (χ0v) is 16.9. The number of hydrogen-bond donors (Lipinski definition) is 1. The van der Waals surface area contributed by atoms with Crippen LogP contribution in [0.25, 0.3) is 11.4 Å². The Hall–Kier alpha value is -2.70. The van der Waals surface area contributed by atoms with Gasteiger partial charge in [-0.05, 0) is 49.9 Å². The molecule has 7 heteroatoms. The van der Waals surface area contributed by atoms with E-state index in [1.165, 1.54) is 26.2 Å². The van der Waals surface area contributed by atoms with Crippen LogP contribution in [0.4, 0.5) is 5.69 Å². The quantitative estimate of drug-likeness (QED) is 0.844. The van der Waals surface area contributed by atoms with Crippen LogP contribution in [0.15, 0.2) is 28.8 Å². The molecule has 0 spiro atoms. The zero-order valence-electron chi connectivity index (χ0n) is 16.9. The van der Waals surface area contributed by atoms with E-state index in [1.807, 2.05) is 29.2 Å². The zero-order chi connectivity index (χ0) is 20.2. The van der Waals surface area contributed by atoms with Crippen molar-refractivity contribution >= 4 is 17.5 Å². The maximum atomic E-state index is 12.9. The van der Waals surface area contributed by atoms with Gasteiger partial charge in [0.15, 0.2) is 0 Å². The summed E-state index contributed by atoms with van der Waals surface area (Å²) in [6.07, 6.45) is 7.56. The van der Waals surface area contributed by atoms with Crippen LogP contribution >= 0.6 is 0 Å². The van der Waals surface area contributed by atoms with Crippen molar-refractivity contribution in [1.29, 1.82) is 0 Å². The Morgan fingerprint density at radius 2 is 1.83 bits per heavy atom. The van der Waals surface area contributed by atoms with E-state index in [-0.39, 0.29) is 17.7 Å². The van der Waals surface area contributed by atoms with E-state index in [1.54, 1.807) is 0 Å². The minimum absolute atomic E-state index is 0.0937. The van der Waals surface area contributed by atoms with E-state index in [2.05, 4.69) is 15.5 Å². The first kappa shape index (κ1) is 19.6. The number of aromatic nitrogens is 2. The van der Waals surface area contributed by atoms with E-state index in [9.17, 15) is 9.59 Å². The monoisotopic (exact) mass is 396 g/mol. The minimum Gasteiger partial charge on any atom is -0.342 e. The number of amides is 2. The van der Waals surface area contributed by atoms with Crippen LogP contribution in [0.2, 0.25) is 0 Å². The Labute approximate surface area is 170 Å². The summed E-state index contributed by atoms with van der Waals surface area (Å²) in [5.74, 6) is 1.63. The number of likely N-dealkylation sites (tertiary alicyclic amines) is 1. The molecule has 7 nitrogen and oxygen atoms in total. The van der Waals surface area contributed by atoms with Gasteiger partial charge in [-0.3, -0.25) is 9.59 Å². The molecule has 2 fully saturated rings. The largest absolute Gasteiger partial charge is 0.342 e. The lowest BCUT2D eigenvalue weighted by Crippen LogP contribution is -2.42. The van der Waals surface area contributed by atoms with Crippen molar-refractivity contribution in [2.75, 3.05) is 18.4 Å². The Balaban J connectivity index is 1.42. The van der Waals surface area contributed by atoms with Gasteiger partial charge in [0.25, 0.3) is 0 Å². The Morgan fingerprint density at radius 1 is 1.07 bits per heavy atom. The standard InChI is InChI=1S/C22H28N4O3/c1-15(27)23-19-11-9-16(10-12-19)20-24-21(29-25-20)18-8-5-13-26(14-18)22(28)17-6-3-2-4-7-17/h9-12,17-18H,2-8,13-14H2,1H3,(H,23,27). The van der Waals surface area contributed by atoms with Crippen LogP contribution in [0.3, 0.4) is 0 Å². The maximum absolute atomic E-state index is 12.9. The molecule has 29 heavy (non-hydrogen) atoms. The summed E-state index contributed by atoms with van der Waals surface area (Å²) < 4.78 is 5.56. The third kappa shape index (κ3) is 4.66. The molecule has 1 N–H and O–H groups in total. The summed E-state index contributed by atoms with van der Waals surface area (Å²) >= 11 is 0.